The molecule has 0 amide bonds. The molecule has 0 fully saturated rings. The van der Waals surface area contributed by atoms with E-state index in [1.165, 1.54) is 0 Å². The van der Waals surface area contributed by atoms with Crippen molar-refractivity contribution in [3.8, 4) is 0 Å². The second kappa shape index (κ2) is 6.93. The van der Waals surface area contributed by atoms with Crippen LogP contribution in [0.4, 0.5) is 0 Å². The van der Waals surface area contributed by atoms with Gasteiger partial charge in [-0.1, -0.05) is 13.2 Å². The summed E-state index contributed by atoms with van der Waals surface area (Å²) in [6.07, 6.45) is 3.13. The van der Waals surface area contributed by atoms with Crippen molar-refractivity contribution in [1.82, 2.24) is 0 Å². The minimum Gasteiger partial charge on any atom is -0.137 e. The van der Waals surface area contributed by atoms with Gasteiger partial charge >= 0.3 is 0 Å². The molecule has 0 saturated heterocycles. The Balaban J connectivity index is 2.72. The van der Waals surface area contributed by atoms with E-state index in [1.54, 1.807) is 0 Å². The van der Waals surface area contributed by atoms with Crippen LogP contribution in [0.15, 0.2) is 12.1 Å². The Bertz CT molecular complexity index is 60.7. The van der Waals surface area contributed by atoms with Crippen molar-refractivity contribution in [3.05, 3.63) is 12.1 Å². The fourth-order valence-electron chi connectivity index (χ4n) is 0.390. The highest BCUT2D eigenvalue weighted by Crippen LogP contribution is 1.70. The molecule has 0 nitrogen and oxygen atoms in total. The molecule has 39 valence electrons. The van der Waals surface area contributed by atoms with Crippen LogP contribution in [0, 0.1) is 0 Å². The standard InChI is InChI=1S/C5H10B3/c1-3-5-7-8-6-4-2/h3,5H,4H2,1-2H3. The van der Waals surface area contributed by atoms with Gasteiger partial charge in [0.2, 0.25) is 0 Å². The van der Waals surface area contributed by atoms with Crippen LogP contribution in [-0.4, -0.2) is 21.4 Å². The van der Waals surface area contributed by atoms with Gasteiger partial charge in [0.1, 0.15) is 0 Å². The van der Waals surface area contributed by atoms with Gasteiger partial charge in [0.15, 0.2) is 0 Å². The van der Waals surface area contributed by atoms with Gasteiger partial charge in [0.25, 0.3) is 0 Å². The fraction of sp³-hybridized carbons (Fsp3) is 0.600. The first-order valence-electron chi connectivity index (χ1n) is 3.03. The number of hydrogen-bond acceptors (Lipinski definition) is 0. The van der Waals surface area contributed by atoms with Crippen molar-refractivity contribution in [2.45, 2.75) is 20.2 Å². The first-order chi connectivity index (χ1) is 3.91. The highest BCUT2D eigenvalue weighted by molar-refractivity contribution is 7.30. The van der Waals surface area contributed by atoms with E-state index in [-0.39, 0.29) is 0 Å². The van der Waals surface area contributed by atoms with Crippen LogP contribution in [0.25, 0.3) is 0 Å². The monoisotopic (exact) mass is 103 g/mol. The van der Waals surface area contributed by atoms with Gasteiger partial charge in [0.05, 0.1) is 14.3 Å². The predicted octanol–water partition coefficient (Wildman–Crippen LogP) is 0.901. The zero-order chi connectivity index (χ0) is 6.24. The summed E-state index contributed by atoms with van der Waals surface area (Å²) in [6.45, 7) is 4.14. The van der Waals surface area contributed by atoms with E-state index in [1.807, 2.05) is 26.1 Å². The normalized spacial score (nSPS) is 9.25. The minimum absolute atomic E-state index is 1.12. The Labute approximate surface area is 54.4 Å². The lowest BCUT2D eigenvalue weighted by atomic mass is 9.19. The van der Waals surface area contributed by atoms with Gasteiger partial charge in [0, 0.05) is 7.06 Å². The Hall–Kier alpha value is -0.0652. The molecule has 0 unspecified atom stereocenters. The lowest BCUT2D eigenvalue weighted by Crippen LogP contribution is -2.08. The third-order valence-electron chi connectivity index (χ3n) is 0.786. The quantitative estimate of drug-likeness (QED) is 0.366. The fourth-order valence-corrected chi connectivity index (χ4v) is 0.390. The van der Waals surface area contributed by atoms with E-state index < -0.39 is 0 Å². The highest BCUT2D eigenvalue weighted by atomic mass is 13.4. The molecule has 0 aliphatic carbocycles. The van der Waals surface area contributed by atoms with E-state index in [0.29, 0.717) is 0 Å². The van der Waals surface area contributed by atoms with Crippen molar-refractivity contribution in [3.63, 3.8) is 0 Å². The summed E-state index contributed by atoms with van der Waals surface area (Å²) < 4.78 is 0. The summed E-state index contributed by atoms with van der Waals surface area (Å²) in [6, 6.07) is 0. The van der Waals surface area contributed by atoms with Crippen molar-refractivity contribution in [1.29, 1.82) is 0 Å². The average molecular weight is 103 g/mol. The maximum absolute atomic E-state index is 2.12. The Morgan fingerprint density at radius 2 is 2.25 bits per heavy atom. The maximum Gasteiger partial charge on any atom is 0.0859 e. The Morgan fingerprint density at radius 3 is 2.75 bits per heavy atom. The summed E-state index contributed by atoms with van der Waals surface area (Å²) >= 11 is 0. The molecule has 0 atom stereocenters. The SMILES string of the molecule is CC=C[B][B][B]CC. The third kappa shape index (κ3) is 5.93. The molecule has 0 aliphatic rings. The Kier molecular flexibility index (Phi) is 6.88. The molecule has 0 rings (SSSR count). The molecular weight excluding hydrogens is 92.5 g/mol. The molecule has 0 heterocycles. The van der Waals surface area contributed by atoms with Gasteiger partial charge in [-0.05, 0) is 6.92 Å². The highest BCUT2D eigenvalue weighted by Gasteiger charge is 1.84. The second-order valence-electron chi connectivity index (χ2n) is 1.55. The molecule has 0 aromatic heterocycles. The minimum atomic E-state index is 1.12. The first kappa shape index (κ1) is 7.93. The van der Waals surface area contributed by atoms with E-state index in [9.17, 15) is 0 Å². The van der Waals surface area contributed by atoms with E-state index in [0.717, 1.165) is 6.32 Å². The van der Waals surface area contributed by atoms with Gasteiger partial charge in [-0.2, -0.15) is 0 Å². The predicted molar refractivity (Wildman–Crippen MR) is 42.6 cm³/mol. The number of allylic oxidation sites excluding steroid dienone is 1. The van der Waals surface area contributed by atoms with Crippen molar-refractivity contribution in [2.24, 2.45) is 0 Å². The molecule has 0 aliphatic heterocycles. The lowest BCUT2D eigenvalue weighted by Gasteiger charge is -1.83. The van der Waals surface area contributed by atoms with E-state index >= 15 is 0 Å². The molecule has 0 aromatic carbocycles. The molecule has 0 bridgehead atoms. The van der Waals surface area contributed by atoms with Crippen LogP contribution in [0.1, 0.15) is 13.8 Å². The van der Waals surface area contributed by atoms with Crippen molar-refractivity contribution in [2.75, 3.05) is 0 Å². The number of hydrogen-bond donors (Lipinski definition) is 0. The summed E-state index contributed by atoms with van der Waals surface area (Å²) in [7, 11) is 6.21. The topological polar surface area (TPSA) is 0 Å². The van der Waals surface area contributed by atoms with Gasteiger partial charge in [-0.25, -0.2) is 0 Å². The molecule has 3 radical (unpaired) electrons. The molecule has 0 N–H and O–H groups in total. The zero-order valence-electron chi connectivity index (χ0n) is 5.59. The molecule has 8 heavy (non-hydrogen) atoms. The largest absolute Gasteiger partial charge is 0.137 e. The van der Waals surface area contributed by atoms with Crippen molar-refractivity contribution < 1.29 is 0 Å². The molecule has 0 aromatic rings. The molecule has 0 saturated carbocycles. The summed E-state index contributed by atoms with van der Waals surface area (Å²) in [5.41, 5.74) is 0. The van der Waals surface area contributed by atoms with Crippen LogP contribution in [0.3, 0.4) is 0 Å². The van der Waals surface area contributed by atoms with Crippen LogP contribution in [0.5, 0.6) is 0 Å². The summed E-state index contributed by atoms with van der Waals surface area (Å²) in [4.78, 5) is 0. The average Bonchev–Trinajstić information content (AvgIpc) is 1.81. The van der Waals surface area contributed by atoms with Crippen LogP contribution in [-0.2, 0) is 0 Å². The van der Waals surface area contributed by atoms with E-state index in [4.69, 9.17) is 0 Å². The summed E-state index contributed by atoms with van der Waals surface area (Å²) in [5, 5.41) is 0. The van der Waals surface area contributed by atoms with E-state index in [2.05, 4.69) is 21.2 Å². The van der Waals surface area contributed by atoms with Crippen LogP contribution < -0.4 is 0 Å². The molecular formula is C5H10B3. The molecule has 3 heteroatoms. The van der Waals surface area contributed by atoms with Crippen LogP contribution >= 0.6 is 0 Å². The van der Waals surface area contributed by atoms with Crippen molar-refractivity contribution >= 4 is 21.4 Å². The Morgan fingerprint density at radius 1 is 1.50 bits per heavy atom. The first-order valence-corrected chi connectivity index (χ1v) is 3.03. The van der Waals surface area contributed by atoms with Crippen LogP contribution in [0.2, 0.25) is 6.32 Å². The zero-order valence-corrected chi connectivity index (χ0v) is 5.59. The van der Waals surface area contributed by atoms with Gasteiger partial charge in [-0.15, -0.1) is 12.1 Å². The lowest BCUT2D eigenvalue weighted by molar-refractivity contribution is 1.47. The second-order valence-corrected chi connectivity index (χ2v) is 1.55. The number of rotatable bonds is 4. The molecule has 0 spiro atoms. The smallest absolute Gasteiger partial charge is 0.0859 e. The van der Waals surface area contributed by atoms with Gasteiger partial charge in [-0.3, -0.25) is 0 Å². The summed E-state index contributed by atoms with van der Waals surface area (Å²) in [5.74, 6) is 2.02. The van der Waals surface area contributed by atoms with Gasteiger partial charge < -0.3 is 0 Å². The third-order valence-corrected chi connectivity index (χ3v) is 0.786. The maximum atomic E-state index is 2.12.